The monoisotopic (exact) mass is 811 g/mol. The van der Waals surface area contributed by atoms with Crippen LogP contribution < -0.4 is 20.4 Å². The Kier molecular flexibility index (Phi) is 11.3. The number of nitrogens with one attached hydrogen (secondary N) is 2. The second-order valence-corrected chi connectivity index (χ2v) is 19.7. The number of fused-ring (bicyclic) bond motifs is 2. The van der Waals surface area contributed by atoms with Crippen LogP contribution in [0.3, 0.4) is 0 Å². The smallest absolute Gasteiger partial charge is 0.151 e. The number of benzene rings is 2. The quantitative estimate of drug-likeness (QED) is 0.127. The van der Waals surface area contributed by atoms with Crippen LogP contribution in [-0.2, 0) is 0 Å². The maximum atomic E-state index is 10.6. The number of nitrogens with zero attached hydrogens (tertiary/aromatic N) is 8. The van der Waals surface area contributed by atoms with Gasteiger partial charge in [-0.3, -0.25) is 9.97 Å². The largest absolute Gasteiger partial charge is 0.507 e. The van der Waals surface area contributed by atoms with Crippen LogP contribution in [-0.4, -0.2) is 88.9 Å². The highest BCUT2D eigenvalue weighted by atomic mass is 16.3. The third kappa shape index (κ3) is 9.29. The zero-order valence-electron chi connectivity index (χ0n) is 37.4. The number of hydrogen-bond donors (Lipinski definition) is 4. The van der Waals surface area contributed by atoms with Gasteiger partial charge in [-0.05, 0) is 166 Å². The number of pyridine rings is 2. The highest BCUT2D eigenvalue weighted by molar-refractivity contribution is 5.92. The maximum Gasteiger partial charge on any atom is 0.151 e. The summed E-state index contributed by atoms with van der Waals surface area (Å²) in [5.74, 6) is 2.08. The highest BCUT2D eigenvalue weighted by Crippen LogP contribution is 2.37. The third-order valence-corrected chi connectivity index (χ3v) is 12.2. The van der Waals surface area contributed by atoms with E-state index in [0.717, 1.165) is 70.3 Å². The molecule has 8 rings (SSSR count). The fourth-order valence-corrected chi connectivity index (χ4v) is 9.89. The minimum atomic E-state index is 0.0663. The van der Waals surface area contributed by atoms with Gasteiger partial charge in [-0.15, -0.1) is 20.4 Å². The van der Waals surface area contributed by atoms with Crippen molar-refractivity contribution in [2.75, 3.05) is 23.9 Å². The first-order valence-electron chi connectivity index (χ1n) is 21.0. The first-order chi connectivity index (χ1) is 28.1. The van der Waals surface area contributed by atoms with Gasteiger partial charge in [0.2, 0.25) is 0 Å². The van der Waals surface area contributed by atoms with Crippen molar-refractivity contribution in [1.82, 2.24) is 41.0 Å². The van der Waals surface area contributed by atoms with Gasteiger partial charge in [0.15, 0.2) is 11.6 Å². The molecule has 6 aromatic rings. The zero-order chi connectivity index (χ0) is 43.4. The summed E-state index contributed by atoms with van der Waals surface area (Å²) in [6.45, 7) is 21.9. The maximum absolute atomic E-state index is 10.6. The number of piperidine rings is 2. The molecule has 4 aromatic heterocycles. The SMILES string of the molecule is Cc1nccc2cc(-c3ccc(N(C)C4CC(C)(C)NC(C)(C)C4)nn3)c(O)cc12.Cc1nccc2cc(O)c(-c3ccc(N(C)C4CC(C)(C)NC(C)(C)C4)nn3)cc12. The summed E-state index contributed by atoms with van der Waals surface area (Å²) in [6.07, 6.45) is 7.68. The van der Waals surface area contributed by atoms with Crippen molar-refractivity contribution >= 4 is 33.2 Å². The Labute approximate surface area is 354 Å². The predicted octanol–water partition coefficient (Wildman–Crippen LogP) is 8.90. The van der Waals surface area contributed by atoms with Crippen LogP contribution >= 0.6 is 0 Å². The molecular formula is C48H62N10O2. The average molecular weight is 811 g/mol. The molecule has 2 saturated heterocycles. The topological polar surface area (TPSA) is 148 Å². The van der Waals surface area contributed by atoms with Crippen LogP contribution in [0.4, 0.5) is 11.6 Å². The lowest BCUT2D eigenvalue weighted by Gasteiger charge is -2.49. The Morgan fingerprint density at radius 2 is 0.900 bits per heavy atom. The Balaban J connectivity index is 0.000000181. The van der Waals surface area contributed by atoms with Crippen molar-refractivity contribution in [3.8, 4) is 34.0 Å². The van der Waals surface area contributed by atoms with Crippen molar-refractivity contribution in [1.29, 1.82) is 0 Å². The molecule has 4 N–H and O–H groups in total. The summed E-state index contributed by atoms with van der Waals surface area (Å²) in [6, 6.07) is 19.9. The van der Waals surface area contributed by atoms with E-state index in [0.29, 0.717) is 34.6 Å². The van der Waals surface area contributed by atoms with Crippen molar-refractivity contribution in [2.45, 2.75) is 129 Å². The van der Waals surface area contributed by atoms with E-state index in [4.69, 9.17) is 0 Å². The molecule has 0 unspecified atom stereocenters. The molecule has 0 amide bonds. The summed E-state index contributed by atoms with van der Waals surface area (Å²) in [7, 11) is 4.18. The molecule has 0 aliphatic carbocycles. The summed E-state index contributed by atoms with van der Waals surface area (Å²) < 4.78 is 0. The van der Waals surface area contributed by atoms with Crippen LogP contribution in [0, 0.1) is 13.8 Å². The van der Waals surface area contributed by atoms with Crippen LogP contribution in [0.2, 0.25) is 0 Å². The normalized spacial score (nSPS) is 18.5. The van der Waals surface area contributed by atoms with Crippen molar-refractivity contribution in [2.24, 2.45) is 0 Å². The number of aromatic nitrogens is 6. The molecular weight excluding hydrogens is 749 g/mol. The van der Waals surface area contributed by atoms with E-state index < -0.39 is 0 Å². The molecule has 0 spiro atoms. The van der Waals surface area contributed by atoms with E-state index in [2.05, 4.69) is 120 Å². The molecule has 12 heteroatoms. The Morgan fingerprint density at radius 1 is 0.517 bits per heavy atom. The summed E-state index contributed by atoms with van der Waals surface area (Å²) in [4.78, 5) is 13.1. The van der Waals surface area contributed by atoms with Gasteiger partial charge in [-0.2, -0.15) is 0 Å². The number of phenols is 2. The van der Waals surface area contributed by atoms with Crippen molar-refractivity contribution in [3.05, 3.63) is 84.4 Å². The molecule has 2 fully saturated rings. The first kappa shape index (κ1) is 42.7. The van der Waals surface area contributed by atoms with Gasteiger partial charge in [0, 0.05) is 94.0 Å². The van der Waals surface area contributed by atoms with Gasteiger partial charge < -0.3 is 30.6 Å². The van der Waals surface area contributed by atoms with Crippen LogP contribution in [0.1, 0.15) is 92.5 Å². The van der Waals surface area contributed by atoms with Gasteiger partial charge in [-0.1, -0.05) is 0 Å². The number of hydrogen-bond acceptors (Lipinski definition) is 12. The van der Waals surface area contributed by atoms with Crippen LogP contribution in [0.25, 0.3) is 44.1 Å². The minimum absolute atomic E-state index is 0.0663. The molecule has 0 saturated carbocycles. The second-order valence-electron chi connectivity index (χ2n) is 19.7. The molecule has 0 atom stereocenters. The Hall–Kier alpha value is -5.46. The summed E-state index contributed by atoms with van der Waals surface area (Å²) in [5.41, 5.74) is 4.75. The van der Waals surface area contributed by atoms with E-state index in [1.54, 1.807) is 24.5 Å². The van der Waals surface area contributed by atoms with E-state index in [1.807, 2.05) is 62.4 Å². The fourth-order valence-electron chi connectivity index (χ4n) is 9.89. The van der Waals surface area contributed by atoms with Gasteiger partial charge in [0.05, 0.1) is 11.4 Å². The molecule has 12 nitrogen and oxygen atoms in total. The number of anilines is 2. The van der Waals surface area contributed by atoms with E-state index in [1.165, 1.54) is 0 Å². The first-order valence-corrected chi connectivity index (χ1v) is 21.0. The molecule has 0 bridgehead atoms. The Morgan fingerprint density at radius 3 is 1.32 bits per heavy atom. The second kappa shape index (κ2) is 15.9. The van der Waals surface area contributed by atoms with Gasteiger partial charge in [0.1, 0.15) is 11.5 Å². The van der Waals surface area contributed by atoms with Crippen LogP contribution in [0.15, 0.2) is 73.1 Å². The molecule has 2 aliphatic rings. The Bertz CT molecular complexity index is 2470. The van der Waals surface area contributed by atoms with Gasteiger partial charge in [0.25, 0.3) is 0 Å². The van der Waals surface area contributed by atoms with Crippen molar-refractivity contribution in [3.63, 3.8) is 0 Å². The minimum Gasteiger partial charge on any atom is -0.507 e. The lowest BCUT2D eigenvalue weighted by atomic mass is 9.79. The van der Waals surface area contributed by atoms with Crippen molar-refractivity contribution < 1.29 is 10.2 Å². The molecule has 2 aromatic carbocycles. The molecule has 0 radical (unpaired) electrons. The highest BCUT2D eigenvalue weighted by Gasteiger charge is 2.40. The number of aryl methyl sites for hydroxylation is 2. The lowest BCUT2D eigenvalue weighted by molar-refractivity contribution is 0.160. The molecule has 316 valence electrons. The van der Waals surface area contributed by atoms with Gasteiger partial charge >= 0.3 is 0 Å². The number of phenolic OH excluding ortho intramolecular Hbond substituents is 2. The van der Waals surface area contributed by atoms with Gasteiger partial charge in [-0.25, -0.2) is 0 Å². The predicted molar refractivity (Wildman–Crippen MR) is 244 cm³/mol. The average Bonchev–Trinajstić information content (AvgIpc) is 3.15. The molecule has 6 heterocycles. The van der Waals surface area contributed by atoms with E-state index >= 15 is 0 Å². The number of rotatable bonds is 6. The zero-order valence-corrected chi connectivity index (χ0v) is 37.4. The molecule has 60 heavy (non-hydrogen) atoms. The van der Waals surface area contributed by atoms with Crippen LogP contribution in [0.5, 0.6) is 11.5 Å². The standard InChI is InChI=1S/2C24H31N5O/c1-15-18-12-19(21(30)11-16(18)9-10-25-15)20-7-8-22(27-26-20)29(6)17-13-23(2,3)28-24(4,5)14-17;1-15-18-12-21(30)19(11-16(18)9-10-25-15)20-7-8-22(27-26-20)29(6)17-13-23(2,3)28-24(4,5)14-17/h2*7-12,17,28,30H,13-14H2,1-6H3. The summed E-state index contributed by atoms with van der Waals surface area (Å²) >= 11 is 0. The molecule has 2 aliphatic heterocycles. The van der Waals surface area contributed by atoms with E-state index in [9.17, 15) is 10.2 Å². The fraction of sp³-hybridized carbons (Fsp3) is 0.458. The number of aromatic hydroxyl groups is 2. The lowest BCUT2D eigenvalue weighted by Crippen LogP contribution is -2.62. The third-order valence-electron chi connectivity index (χ3n) is 12.2. The van der Waals surface area contributed by atoms with E-state index in [-0.39, 0.29) is 33.7 Å². The summed E-state index contributed by atoms with van der Waals surface area (Å²) in [5, 5.41) is 50.4.